The zero-order chi connectivity index (χ0) is 11.8. The molecule has 0 saturated carbocycles. The van der Waals surface area contributed by atoms with Gasteiger partial charge in [0.25, 0.3) is 5.92 Å². The number of allylic oxidation sites excluding steroid dienone is 1. The third kappa shape index (κ3) is 2.61. The molecule has 4 heteroatoms. The third-order valence-corrected chi connectivity index (χ3v) is 2.36. The average Bonchev–Trinajstić information content (AvgIpc) is 1.99. The predicted molar refractivity (Wildman–Crippen MR) is 55.1 cm³/mol. The fourth-order valence-electron chi connectivity index (χ4n) is 1.77. The largest absolute Gasteiger partial charge is 0.286 e. The van der Waals surface area contributed by atoms with Crippen molar-refractivity contribution < 1.29 is 13.2 Å². The van der Waals surface area contributed by atoms with E-state index < -0.39 is 17.8 Å². The summed E-state index contributed by atoms with van der Waals surface area (Å²) in [5, 5.41) is 0. The minimum Gasteiger partial charge on any atom is -0.280 e. The summed E-state index contributed by atoms with van der Waals surface area (Å²) in [6.07, 6.45) is 0.132. The summed E-state index contributed by atoms with van der Waals surface area (Å²) in [6.45, 7) is 5.81. The molecule has 0 N–H and O–H groups in total. The van der Waals surface area contributed by atoms with E-state index >= 15 is 0 Å². The van der Waals surface area contributed by atoms with Crippen molar-refractivity contribution in [2.45, 2.75) is 46.1 Å². The van der Waals surface area contributed by atoms with Crippen LogP contribution in [0.15, 0.2) is 16.4 Å². The Morgan fingerprint density at radius 1 is 1.40 bits per heavy atom. The molecule has 0 amide bonds. The van der Waals surface area contributed by atoms with Crippen LogP contribution in [0, 0.1) is 5.92 Å². The van der Waals surface area contributed by atoms with Gasteiger partial charge in [-0.05, 0) is 12.8 Å². The van der Waals surface area contributed by atoms with E-state index in [1.54, 1.807) is 20.8 Å². The van der Waals surface area contributed by atoms with Crippen LogP contribution < -0.4 is 0 Å². The van der Waals surface area contributed by atoms with Crippen LogP contribution in [-0.4, -0.2) is 17.7 Å². The van der Waals surface area contributed by atoms with Gasteiger partial charge in [-0.3, -0.25) is 4.99 Å². The van der Waals surface area contributed by atoms with Gasteiger partial charge in [0.05, 0.1) is 6.04 Å². The second kappa shape index (κ2) is 3.99. The molecule has 0 spiro atoms. The molecule has 1 unspecified atom stereocenters. The molecule has 1 rings (SSSR count). The van der Waals surface area contributed by atoms with Crippen molar-refractivity contribution in [1.82, 2.24) is 0 Å². The van der Waals surface area contributed by atoms with Crippen LogP contribution in [0.1, 0.15) is 34.1 Å². The topological polar surface area (TPSA) is 12.4 Å². The fourth-order valence-corrected chi connectivity index (χ4v) is 1.77. The van der Waals surface area contributed by atoms with Crippen LogP contribution in [-0.2, 0) is 0 Å². The summed E-state index contributed by atoms with van der Waals surface area (Å²) in [7, 11) is 0. The van der Waals surface area contributed by atoms with E-state index in [4.69, 9.17) is 0 Å². The lowest BCUT2D eigenvalue weighted by Gasteiger charge is -2.26. The number of alkyl halides is 2. The first-order valence-electron chi connectivity index (χ1n) is 5.08. The van der Waals surface area contributed by atoms with Gasteiger partial charge in [-0.25, -0.2) is 4.39 Å². The maximum atomic E-state index is 13.6. The van der Waals surface area contributed by atoms with E-state index in [1.165, 1.54) is 0 Å². The smallest absolute Gasteiger partial charge is 0.280 e. The zero-order valence-corrected chi connectivity index (χ0v) is 9.44. The first-order chi connectivity index (χ1) is 6.73. The molecule has 0 bridgehead atoms. The van der Waals surface area contributed by atoms with Gasteiger partial charge in [0.15, 0.2) is 0 Å². The monoisotopic (exact) mass is 219 g/mol. The van der Waals surface area contributed by atoms with E-state index in [9.17, 15) is 13.2 Å². The van der Waals surface area contributed by atoms with Crippen molar-refractivity contribution in [2.75, 3.05) is 0 Å². The maximum absolute atomic E-state index is 13.6. The van der Waals surface area contributed by atoms with Gasteiger partial charge >= 0.3 is 0 Å². The summed E-state index contributed by atoms with van der Waals surface area (Å²) in [6, 6.07) is -0.395. The highest BCUT2D eigenvalue weighted by Gasteiger charge is 2.37. The number of rotatable bonds is 2. The Hall–Kier alpha value is -0.800. The van der Waals surface area contributed by atoms with Crippen LogP contribution in [0.3, 0.4) is 0 Å². The van der Waals surface area contributed by atoms with Crippen molar-refractivity contribution in [1.29, 1.82) is 0 Å². The summed E-state index contributed by atoms with van der Waals surface area (Å²) >= 11 is 0. The third-order valence-electron chi connectivity index (χ3n) is 2.36. The maximum Gasteiger partial charge on any atom is 0.286 e. The number of hydrogen-bond acceptors (Lipinski definition) is 1. The van der Waals surface area contributed by atoms with E-state index in [0.29, 0.717) is 0 Å². The molecular weight excluding hydrogens is 203 g/mol. The highest BCUT2D eigenvalue weighted by atomic mass is 19.3. The van der Waals surface area contributed by atoms with E-state index in [-0.39, 0.29) is 23.6 Å². The second-order valence-corrected chi connectivity index (χ2v) is 4.39. The quantitative estimate of drug-likeness (QED) is 0.670. The number of nitrogens with zero attached hydrogens (tertiary/aromatic N) is 1. The molecule has 0 radical (unpaired) electrons. The molecule has 86 valence electrons. The Morgan fingerprint density at radius 2 is 1.93 bits per heavy atom. The Bertz CT molecular complexity index is 310. The van der Waals surface area contributed by atoms with Crippen molar-refractivity contribution in [2.24, 2.45) is 10.9 Å². The Morgan fingerprint density at radius 3 is 2.33 bits per heavy atom. The van der Waals surface area contributed by atoms with Crippen molar-refractivity contribution in [3.05, 3.63) is 11.4 Å². The van der Waals surface area contributed by atoms with Gasteiger partial charge < -0.3 is 0 Å². The molecule has 0 aromatic heterocycles. The Kier molecular flexibility index (Phi) is 3.26. The minimum atomic E-state index is -3.06. The normalized spacial score (nSPS) is 23.5. The van der Waals surface area contributed by atoms with Crippen LogP contribution >= 0.6 is 0 Å². The number of halogens is 3. The molecule has 1 aliphatic heterocycles. The van der Waals surface area contributed by atoms with Crippen molar-refractivity contribution in [3.63, 3.8) is 0 Å². The molecule has 0 saturated heterocycles. The molecule has 0 aromatic carbocycles. The lowest BCUT2D eigenvalue weighted by Crippen LogP contribution is -2.33. The van der Waals surface area contributed by atoms with Gasteiger partial charge in [0.1, 0.15) is 11.5 Å². The molecule has 1 heterocycles. The molecule has 0 aliphatic carbocycles. The van der Waals surface area contributed by atoms with Gasteiger partial charge in [0.2, 0.25) is 0 Å². The lowest BCUT2D eigenvalue weighted by atomic mass is 9.90. The molecule has 1 aliphatic rings. The molecular formula is C11H16F3N. The molecule has 0 aromatic rings. The van der Waals surface area contributed by atoms with E-state index in [1.807, 2.05) is 0 Å². The van der Waals surface area contributed by atoms with Gasteiger partial charge in [-0.1, -0.05) is 13.8 Å². The minimum absolute atomic E-state index is 0.0839. The summed E-state index contributed by atoms with van der Waals surface area (Å²) in [4.78, 5) is 3.88. The Balaban J connectivity index is 3.20. The number of aliphatic imine (C=N–C) groups is 1. The SMILES string of the molecule is CC1CC(F)=C(C(C)C)C(C(C)(F)F)=N1. The summed E-state index contributed by atoms with van der Waals surface area (Å²) < 4.78 is 40.1. The van der Waals surface area contributed by atoms with Crippen LogP contribution in [0.5, 0.6) is 0 Å². The molecule has 0 fully saturated rings. The summed E-state index contributed by atoms with van der Waals surface area (Å²) in [5.74, 6) is -3.77. The van der Waals surface area contributed by atoms with Gasteiger partial charge in [0, 0.05) is 18.9 Å². The highest BCUT2D eigenvalue weighted by molar-refractivity contribution is 6.06. The number of dihydropyridines is 1. The lowest BCUT2D eigenvalue weighted by molar-refractivity contribution is 0.0988. The molecule has 1 atom stereocenters. The predicted octanol–water partition coefficient (Wildman–Crippen LogP) is 3.75. The van der Waals surface area contributed by atoms with Gasteiger partial charge in [-0.2, -0.15) is 8.78 Å². The molecule has 15 heavy (non-hydrogen) atoms. The Labute approximate surface area is 88.1 Å². The van der Waals surface area contributed by atoms with E-state index in [0.717, 1.165) is 6.92 Å². The van der Waals surface area contributed by atoms with Crippen LogP contribution in [0.4, 0.5) is 13.2 Å². The molecule has 1 nitrogen and oxygen atoms in total. The van der Waals surface area contributed by atoms with Crippen molar-refractivity contribution in [3.8, 4) is 0 Å². The van der Waals surface area contributed by atoms with E-state index in [2.05, 4.69) is 4.99 Å². The second-order valence-electron chi connectivity index (χ2n) is 4.39. The first kappa shape index (κ1) is 12.3. The number of hydrogen-bond donors (Lipinski definition) is 0. The highest BCUT2D eigenvalue weighted by Crippen LogP contribution is 2.33. The summed E-state index contributed by atoms with van der Waals surface area (Å²) in [5.41, 5.74) is -0.297. The van der Waals surface area contributed by atoms with Crippen LogP contribution in [0.25, 0.3) is 0 Å². The first-order valence-corrected chi connectivity index (χ1v) is 5.08. The van der Waals surface area contributed by atoms with Crippen molar-refractivity contribution >= 4 is 5.71 Å². The zero-order valence-electron chi connectivity index (χ0n) is 9.44. The standard InChI is InChI=1S/C11H16F3N/c1-6(2)9-8(12)5-7(3)15-10(9)11(4,13)14/h6-7H,5H2,1-4H3. The van der Waals surface area contributed by atoms with Gasteiger partial charge in [-0.15, -0.1) is 0 Å². The van der Waals surface area contributed by atoms with Crippen LogP contribution in [0.2, 0.25) is 0 Å². The fraction of sp³-hybridized carbons (Fsp3) is 0.727. The average molecular weight is 219 g/mol.